The van der Waals surface area contributed by atoms with Crippen molar-refractivity contribution in [2.75, 3.05) is 13.7 Å². The van der Waals surface area contributed by atoms with E-state index in [-0.39, 0.29) is 17.5 Å². The largest absolute Gasteiger partial charge is 0.497 e. The van der Waals surface area contributed by atoms with Gasteiger partial charge in [0.2, 0.25) is 0 Å². The van der Waals surface area contributed by atoms with Crippen molar-refractivity contribution in [3.63, 3.8) is 0 Å². The van der Waals surface area contributed by atoms with Crippen molar-refractivity contribution >= 4 is 17.9 Å². The van der Waals surface area contributed by atoms with Crippen LogP contribution in [0.3, 0.4) is 0 Å². The van der Waals surface area contributed by atoms with Crippen LogP contribution in [0, 0.1) is 0 Å². The summed E-state index contributed by atoms with van der Waals surface area (Å²) in [5, 5.41) is 5.55. The number of hydrogen-bond acceptors (Lipinski definition) is 3. The zero-order valence-corrected chi connectivity index (χ0v) is 15.1. The molecule has 5 heteroatoms. The second-order valence-corrected chi connectivity index (χ2v) is 5.76. The molecule has 0 unspecified atom stereocenters. The van der Waals surface area contributed by atoms with Crippen molar-refractivity contribution in [3.05, 3.63) is 71.4 Å². The molecule has 0 aliphatic heterocycles. The fourth-order valence-corrected chi connectivity index (χ4v) is 2.28. The van der Waals surface area contributed by atoms with Crippen LogP contribution in [0.25, 0.3) is 6.08 Å². The molecule has 2 N–H and O–H groups in total. The van der Waals surface area contributed by atoms with Crippen molar-refractivity contribution in [1.29, 1.82) is 0 Å². The van der Waals surface area contributed by atoms with Crippen LogP contribution in [0.2, 0.25) is 0 Å². The van der Waals surface area contributed by atoms with Gasteiger partial charge in [-0.25, -0.2) is 0 Å². The summed E-state index contributed by atoms with van der Waals surface area (Å²) in [4.78, 5) is 24.9. The van der Waals surface area contributed by atoms with Crippen LogP contribution in [0.15, 0.2) is 60.3 Å². The predicted octanol–water partition coefficient (Wildman–Crippen LogP) is 3.38. The van der Waals surface area contributed by atoms with Gasteiger partial charge in [0.25, 0.3) is 11.8 Å². The van der Waals surface area contributed by atoms with Crippen LogP contribution in [-0.2, 0) is 4.79 Å². The molecule has 0 spiro atoms. The molecule has 2 rings (SSSR count). The van der Waals surface area contributed by atoms with Crippen LogP contribution < -0.4 is 15.4 Å². The van der Waals surface area contributed by atoms with E-state index in [0.29, 0.717) is 12.1 Å². The van der Waals surface area contributed by atoms with Gasteiger partial charge in [-0.05, 0) is 42.3 Å². The van der Waals surface area contributed by atoms with Gasteiger partial charge in [-0.15, -0.1) is 0 Å². The zero-order chi connectivity index (χ0) is 18.8. The third-order valence-corrected chi connectivity index (χ3v) is 3.77. The van der Waals surface area contributed by atoms with Crippen LogP contribution >= 0.6 is 0 Å². The van der Waals surface area contributed by atoms with Gasteiger partial charge in [-0.2, -0.15) is 0 Å². The highest BCUT2D eigenvalue weighted by atomic mass is 16.5. The quantitative estimate of drug-likeness (QED) is 0.565. The maximum absolute atomic E-state index is 12.5. The normalized spacial score (nSPS) is 10.9. The molecule has 5 nitrogen and oxygen atoms in total. The van der Waals surface area contributed by atoms with Crippen molar-refractivity contribution in [3.8, 4) is 5.75 Å². The average Bonchev–Trinajstić information content (AvgIpc) is 2.68. The summed E-state index contributed by atoms with van der Waals surface area (Å²) in [6.45, 7) is 2.62. The molecule has 0 aliphatic rings. The number of methoxy groups -OCH3 is 1. The fraction of sp³-hybridized carbons (Fsp3) is 0.238. The van der Waals surface area contributed by atoms with E-state index < -0.39 is 0 Å². The zero-order valence-electron chi connectivity index (χ0n) is 15.1. The molecule has 136 valence electrons. The lowest BCUT2D eigenvalue weighted by molar-refractivity contribution is -0.117. The SMILES string of the molecule is CCCCNC(=O)C(=Cc1ccc(OC)cc1)NC(=O)c1ccccc1. The number of ether oxygens (including phenoxy) is 1. The molecule has 0 aromatic heterocycles. The van der Waals surface area contributed by atoms with Crippen molar-refractivity contribution in [2.45, 2.75) is 19.8 Å². The van der Waals surface area contributed by atoms with Crippen LogP contribution in [0.5, 0.6) is 5.75 Å². The minimum Gasteiger partial charge on any atom is -0.497 e. The first kappa shape index (κ1) is 19.2. The van der Waals surface area contributed by atoms with Gasteiger partial charge in [-0.3, -0.25) is 9.59 Å². The van der Waals surface area contributed by atoms with Crippen molar-refractivity contribution in [2.24, 2.45) is 0 Å². The predicted molar refractivity (Wildman–Crippen MR) is 103 cm³/mol. The van der Waals surface area contributed by atoms with Gasteiger partial charge in [0, 0.05) is 12.1 Å². The number of unbranched alkanes of at least 4 members (excludes halogenated alkanes) is 1. The highest BCUT2D eigenvalue weighted by Crippen LogP contribution is 2.14. The topological polar surface area (TPSA) is 67.4 Å². The van der Waals surface area contributed by atoms with Gasteiger partial charge < -0.3 is 15.4 Å². The molecule has 0 radical (unpaired) electrons. The fourth-order valence-electron chi connectivity index (χ4n) is 2.28. The Morgan fingerprint density at radius 1 is 1.04 bits per heavy atom. The Kier molecular flexibility index (Phi) is 7.43. The molecule has 0 saturated heterocycles. The Bertz CT molecular complexity index is 753. The number of rotatable bonds is 8. The van der Waals surface area contributed by atoms with Crippen molar-refractivity contribution in [1.82, 2.24) is 10.6 Å². The first-order valence-corrected chi connectivity index (χ1v) is 8.64. The second-order valence-electron chi connectivity index (χ2n) is 5.76. The molecule has 0 aliphatic carbocycles. The maximum Gasteiger partial charge on any atom is 0.267 e. The Morgan fingerprint density at radius 2 is 1.73 bits per heavy atom. The van der Waals surface area contributed by atoms with E-state index >= 15 is 0 Å². The van der Waals surface area contributed by atoms with Crippen LogP contribution in [-0.4, -0.2) is 25.5 Å². The Hall–Kier alpha value is -3.08. The van der Waals surface area contributed by atoms with E-state index in [0.717, 1.165) is 24.2 Å². The summed E-state index contributed by atoms with van der Waals surface area (Å²) in [5.41, 5.74) is 1.49. The molecule has 0 atom stereocenters. The van der Waals surface area contributed by atoms with Crippen molar-refractivity contribution < 1.29 is 14.3 Å². The molecule has 2 amide bonds. The average molecular weight is 352 g/mol. The summed E-state index contributed by atoms with van der Waals surface area (Å²) < 4.78 is 5.14. The summed E-state index contributed by atoms with van der Waals surface area (Å²) in [5.74, 6) is 0.0963. The van der Waals surface area contributed by atoms with Gasteiger partial charge in [0.15, 0.2) is 0 Å². The highest BCUT2D eigenvalue weighted by Gasteiger charge is 2.14. The molecule has 26 heavy (non-hydrogen) atoms. The van der Waals surface area contributed by atoms with Gasteiger partial charge in [0.05, 0.1) is 7.11 Å². The monoisotopic (exact) mass is 352 g/mol. The van der Waals surface area contributed by atoms with Crippen LogP contribution in [0.1, 0.15) is 35.7 Å². The number of carbonyl (C=O) groups excluding carboxylic acids is 2. The van der Waals surface area contributed by atoms with Gasteiger partial charge in [-0.1, -0.05) is 43.7 Å². The number of amides is 2. The third-order valence-electron chi connectivity index (χ3n) is 3.77. The molecule has 0 bridgehead atoms. The minimum atomic E-state index is -0.323. The Morgan fingerprint density at radius 3 is 2.35 bits per heavy atom. The van der Waals surface area contributed by atoms with E-state index in [9.17, 15) is 9.59 Å². The number of carbonyl (C=O) groups is 2. The van der Waals surface area contributed by atoms with E-state index in [1.165, 1.54) is 0 Å². The van der Waals surface area contributed by atoms with E-state index in [1.807, 2.05) is 18.2 Å². The Labute approximate surface area is 154 Å². The minimum absolute atomic E-state index is 0.208. The van der Waals surface area contributed by atoms with E-state index in [4.69, 9.17) is 4.74 Å². The lowest BCUT2D eigenvalue weighted by Gasteiger charge is -2.11. The summed E-state index contributed by atoms with van der Waals surface area (Å²) in [6.07, 6.45) is 3.52. The third kappa shape index (κ3) is 5.77. The summed E-state index contributed by atoms with van der Waals surface area (Å²) in [6, 6.07) is 16.1. The molecule has 0 saturated carbocycles. The lowest BCUT2D eigenvalue weighted by Crippen LogP contribution is -2.35. The summed E-state index contributed by atoms with van der Waals surface area (Å²) in [7, 11) is 1.59. The van der Waals surface area contributed by atoms with Gasteiger partial charge >= 0.3 is 0 Å². The first-order valence-electron chi connectivity index (χ1n) is 8.64. The van der Waals surface area contributed by atoms with E-state index in [1.54, 1.807) is 49.6 Å². The molecule has 2 aromatic carbocycles. The molecule has 0 heterocycles. The number of benzene rings is 2. The molecular weight excluding hydrogens is 328 g/mol. The highest BCUT2D eigenvalue weighted by molar-refractivity contribution is 6.05. The first-order chi connectivity index (χ1) is 12.6. The lowest BCUT2D eigenvalue weighted by atomic mass is 10.1. The van der Waals surface area contributed by atoms with E-state index in [2.05, 4.69) is 17.6 Å². The Balaban J connectivity index is 2.21. The number of hydrogen-bond donors (Lipinski definition) is 2. The van der Waals surface area contributed by atoms with Crippen LogP contribution in [0.4, 0.5) is 0 Å². The number of nitrogens with one attached hydrogen (secondary N) is 2. The standard InChI is InChI=1S/C21H24N2O3/c1-3-4-14-22-21(25)19(15-16-10-12-18(26-2)13-11-16)23-20(24)17-8-6-5-7-9-17/h5-13,15H,3-4,14H2,1-2H3,(H,22,25)(H,23,24). The smallest absolute Gasteiger partial charge is 0.267 e. The molecule has 2 aromatic rings. The second kappa shape index (κ2) is 10.0. The molecular formula is C21H24N2O3. The molecule has 0 fully saturated rings. The summed E-state index contributed by atoms with van der Waals surface area (Å²) >= 11 is 0. The van der Waals surface area contributed by atoms with Gasteiger partial charge in [0.1, 0.15) is 11.4 Å². The maximum atomic E-state index is 12.5.